The summed E-state index contributed by atoms with van der Waals surface area (Å²) in [4.78, 5) is 25.3. The molecule has 0 bridgehead atoms. The fourth-order valence-electron chi connectivity index (χ4n) is 6.52. The van der Waals surface area contributed by atoms with Gasteiger partial charge >= 0.3 is 0 Å². The number of aryl methyl sites for hydroxylation is 1. The lowest BCUT2D eigenvalue weighted by Gasteiger charge is -2.34. The number of nitrogens with one attached hydrogen (secondary N) is 1. The summed E-state index contributed by atoms with van der Waals surface area (Å²) < 4.78 is 36.5. The summed E-state index contributed by atoms with van der Waals surface area (Å²) >= 11 is 0. The molecular weight excluding hydrogens is 574 g/mol. The number of aromatic nitrogens is 4. The number of methoxy groups -OCH3 is 1. The predicted molar refractivity (Wildman–Crippen MR) is 169 cm³/mol. The molecule has 1 N–H and O–H groups in total. The zero-order valence-electron chi connectivity index (χ0n) is 26.1. The molecule has 1 aromatic carbocycles. The van der Waals surface area contributed by atoms with Crippen LogP contribution in [0.4, 0.5) is 8.78 Å². The van der Waals surface area contributed by atoms with Crippen molar-refractivity contribution in [1.82, 2.24) is 30.4 Å². The molecule has 3 aromatic heterocycles. The van der Waals surface area contributed by atoms with Crippen LogP contribution in [0.2, 0.25) is 0 Å². The first-order valence-electron chi connectivity index (χ1n) is 15.8. The van der Waals surface area contributed by atoms with Gasteiger partial charge in [-0.2, -0.15) is 10.2 Å². The summed E-state index contributed by atoms with van der Waals surface area (Å²) in [5.41, 5.74) is 3.06. The van der Waals surface area contributed by atoms with Gasteiger partial charge in [0.15, 0.2) is 0 Å². The molecule has 4 aromatic rings. The van der Waals surface area contributed by atoms with Crippen LogP contribution < -0.4 is 5.32 Å². The minimum absolute atomic E-state index is 0.136. The van der Waals surface area contributed by atoms with Gasteiger partial charge in [0.1, 0.15) is 17.0 Å². The van der Waals surface area contributed by atoms with Gasteiger partial charge < -0.3 is 15.0 Å². The lowest BCUT2D eigenvalue weighted by atomic mass is 9.77. The van der Waals surface area contributed by atoms with Crippen LogP contribution in [0.15, 0.2) is 55.0 Å². The number of nitrogens with zero attached hydrogens (tertiary/aromatic N) is 5. The Morgan fingerprint density at radius 1 is 1.13 bits per heavy atom. The van der Waals surface area contributed by atoms with Gasteiger partial charge in [-0.3, -0.25) is 9.78 Å². The summed E-state index contributed by atoms with van der Waals surface area (Å²) in [6.07, 6.45) is 9.00. The number of alkyl halides is 1. The summed E-state index contributed by atoms with van der Waals surface area (Å²) in [7, 11) is 1.75. The van der Waals surface area contributed by atoms with Gasteiger partial charge in [-0.05, 0) is 79.5 Å². The van der Waals surface area contributed by atoms with Gasteiger partial charge in [0.2, 0.25) is 0 Å². The second kappa shape index (κ2) is 13.2. The number of ether oxygens (including phenoxy) is 1. The Kier molecular flexibility index (Phi) is 9.14. The third-order valence-electron chi connectivity index (χ3n) is 9.57. The van der Waals surface area contributed by atoms with Crippen molar-refractivity contribution >= 4 is 16.8 Å². The maximum Gasteiger partial charge on any atom is 0.251 e. The number of amides is 1. The summed E-state index contributed by atoms with van der Waals surface area (Å²) in [6.45, 7) is 6.41. The lowest BCUT2D eigenvalue weighted by Crippen LogP contribution is -2.39. The molecule has 10 heteroatoms. The first-order chi connectivity index (χ1) is 21.7. The molecule has 6 rings (SSSR count). The van der Waals surface area contributed by atoms with E-state index >= 15 is 8.78 Å². The van der Waals surface area contributed by atoms with E-state index in [0.717, 1.165) is 60.6 Å². The van der Waals surface area contributed by atoms with Gasteiger partial charge in [-0.15, -0.1) is 0 Å². The van der Waals surface area contributed by atoms with E-state index in [2.05, 4.69) is 30.4 Å². The number of piperidine rings is 1. The third kappa shape index (κ3) is 6.87. The molecule has 0 saturated carbocycles. The van der Waals surface area contributed by atoms with E-state index in [1.54, 1.807) is 31.8 Å². The molecule has 1 amide bonds. The van der Waals surface area contributed by atoms with Crippen LogP contribution in [-0.4, -0.2) is 69.5 Å². The highest BCUT2D eigenvalue weighted by atomic mass is 19.1. The molecule has 1 aliphatic heterocycles. The van der Waals surface area contributed by atoms with Crippen LogP contribution in [0.5, 0.6) is 0 Å². The Morgan fingerprint density at radius 3 is 2.64 bits per heavy atom. The quantitative estimate of drug-likeness (QED) is 0.245. The van der Waals surface area contributed by atoms with Crippen molar-refractivity contribution in [2.24, 2.45) is 5.92 Å². The van der Waals surface area contributed by atoms with Crippen LogP contribution in [0, 0.1) is 11.7 Å². The van der Waals surface area contributed by atoms with Crippen LogP contribution in [0.1, 0.15) is 72.8 Å². The normalized spacial score (nSPS) is 19.9. The van der Waals surface area contributed by atoms with E-state index in [0.29, 0.717) is 24.6 Å². The number of rotatable bonds is 9. The Hall–Kier alpha value is -3.89. The number of benzene rings is 1. The van der Waals surface area contributed by atoms with Gasteiger partial charge in [0.25, 0.3) is 5.91 Å². The van der Waals surface area contributed by atoms with Crippen molar-refractivity contribution in [1.29, 1.82) is 0 Å². The first kappa shape index (κ1) is 31.1. The predicted octanol–water partition coefficient (Wildman–Crippen LogP) is 6.05. The molecule has 2 atom stereocenters. The number of carbonyl (C=O) groups is 1. The average Bonchev–Trinajstić information content (AvgIpc) is 3.06. The number of hydrogen-bond acceptors (Lipinski definition) is 7. The zero-order valence-corrected chi connectivity index (χ0v) is 26.1. The Balaban J connectivity index is 1.24. The minimum Gasteiger partial charge on any atom is -0.381 e. The molecule has 0 radical (unpaired) electrons. The van der Waals surface area contributed by atoms with Crippen molar-refractivity contribution in [3.8, 4) is 11.3 Å². The molecule has 1 saturated heterocycles. The maximum absolute atomic E-state index is 15.5. The van der Waals surface area contributed by atoms with Crippen LogP contribution in [0.3, 0.4) is 0 Å². The minimum atomic E-state index is -1.32. The van der Waals surface area contributed by atoms with Crippen molar-refractivity contribution in [3.05, 3.63) is 83.2 Å². The SMILES string of the molecule is COC1CCN(CC[C@@H](NC(=O)c2cc(F)c3nc4c(cc3c2)C[C@](F)(C(C)C)CC4)c2ccc(-c3ccnnc3)nc2)CC1. The number of fused-ring (bicyclic) bond motifs is 2. The molecule has 1 fully saturated rings. The number of halogens is 2. The van der Waals surface area contributed by atoms with Gasteiger partial charge in [-0.1, -0.05) is 19.9 Å². The molecule has 236 valence electrons. The zero-order chi connectivity index (χ0) is 31.6. The number of likely N-dealkylation sites (tertiary alicyclic amines) is 1. The summed E-state index contributed by atoms with van der Waals surface area (Å²) in [5.74, 6) is -1.08. The second-order valence-electron chi connectivity index (χ2n) is 12.7. The van der Waals surface area contributed by atoms with Crippen molar-refractivity contribution in [3.63, 3.8) is 0 Å². The Bertz CT molecular complexity index is 1640. The van der Waals surface area contributed by atoms with Crippen LogP contribution in [-0.2, 0) is 17.6 Å². The van der Waals surface area contributed by atoms with E-state index in [1.807, 2.05) is 38.1 Å². The smallest absolute Gasteiger partial charge is 0.251 e. The molecule has 0 spiro atoms. The highest BCUT2D eigenvalue weighted by Crippen LogP contribution is 2.38. The molecular formula is C35H40F2N6O2. The van der Waals surface area contributed by atoms with Crippen LogP contribution >= 0.6 is 0 Å². The molecule has 1 aliphatic carbocycles. The third-order valence-corrected chi connectivity index (χ3v) is 9.57. The van der Waals surface area contributed by atoms with E-state index in [1.165, 1.54) is 6.07 Å². The summed E-state index contributed by atoms with van der Waals surface area (Å²) in [6, 6.07) is 10.1. The highest BCUT2D eigenvalue weighted by Gasteiger charge is 2.38. The summed E-state index contributed by atoms with van der Waals surface area (Å²) in [5, 5.41) is 11.4. The standard InChI is InChI=1S/C35H40F2N6O2/c1-22(2)35(37)11-6-31-27(19-35)17-25-16-26(18-29(36)33(25)41-31)34(44)42-32(10-15-43-13-8-28(45-3)9-14-43)23-4-5-30(38-20-23)24-7-12-39-40-21-24/h4-5,7,12,16-18,20-22,28,32H,6,8-11,13-15,19H2,1-3H3,(H,42,44)/t32-,35+/m1/s1. The Labute approximate surface area is 262 Å². The van der Waals surface area contributed by atoms with Crippen LogP contribution in [0.25, 0.3) is 22.2 Å². The molecule has 0 unspecified atom stereocenters. The second-order valence-corrected chi connectivity index (χ2v) is 12.7. The van der Waals surface area contributed by atoms with E-state index < -0.39 is 11.5 Å². The van der Waals surface area contributed by atoms with Gasteiger partial charge in [0.05, 0.1) is 30.2 Å². The van der Waals surface area contributed by atoms with E-state index in [4.69, 9.17) is 4.74 Å². The highest BCUT2D eigenvalue weighted by molar-refractivity contribution is 5.98. The Morgan fingerprint density at radius 2 is 1.96 bits per heavy atom. The fraction of sp³-hybridized carbons (Fsp3) is 0.457. The fourth-order valence-corrected chi connectivity index (χ4v) is 6.52. The lowest BCUT2D eigenvalue weighted by molar-refractivity contribution is 0.0400. The largest absolute Gasteiger partial charge is 0.381 e. The number of pyridine rings is 2. The van der Waals surface area contributed by atoms with Crippen molar-refractivity contribution < 1.29 is 18.3 Å². The topological polar surface area (TPSA) is 93.1 Å². The number of carbonyl (C=O) groups excluding carboxylic acids is 1. The molecule has 8 nitrogen and oxygen atoms in total. The van der Waals surface area contributed by atoms with Crippen molar-refractivity contribution in [2.75, 3.05) is 26.7 Å². The first-order valence-corrected chi connectivity index (χ1v) is 15.8. The average molecular weight is 615 g/mol. The molecule has 2 aliphatic rings. The van der Waals surface area contributed by atoms with Gasteiger partial charge in [0, 0.05) is 61.6 Å². The molecule has 45 heavy (non-hydrogen) atoms. The van der Waals surface area contributed by atoms with E-state index in [9.17, 15) is 4.79 Å². The monoisotopic (exact) mass is 614 g/mol. The van der Waals surface area contributed by atoms with Gasteiger partial charge in [-0.25, -0.2) is 13.8 Å². The number of hydrogen-bond donors (Lipinski definition) is 1. The van der Waals surface area contributed by atoms with E-state index in [-0.39, 0.29) is 41.5 Å². The molecule has 4 heterocycles. The van der Waals surface area contributed by atoms with Crippen molar-refractivity contribution in [2.45, 2.75) is 70.2 Å². The maximum atomic E-state index is 15.5.